The molecule has 1 aromatic carbocycles. The zero-order valence-corrected chi connectivity index (χ0v) is 18.8. The number of amides is 1. The van der Waals surface area contributed by atoms with E-state index in [4.69, 9.17) is 4.74 Å². The Bertz CT molecular complexity index is 911. The third-order valence-electron chi connectivity index (χ3n) is 5.80. The van der Waals surface area contributed by atoms with Crippen LogP contribution in [0.3, 0.4) is 0 Å². The summed E-state index contributed by atoms with van der Waals surface area (Å²) in [7, 11) is 2.22. The monoisotopic (exact) mass is 411 g/mol. The first-order chi connectivity index (χ1) is 13.9. The minimum absolute atomic E-state index is 0.0680. The molecule has 0 saturated carbocycles. The lowest BCUT2D eigenvalue weighted by Gasteiger charge is -2.42. The summed E-state index contributed by atoms with van der Waals surface area (Å²) < 4.78 is 5.38. The van der Waals surface area contributed by atoms with Gasteiger partial charge in [-0.2, -0.15) is 0 Å². The number of piperazine rings is 1. The Hall–Kier alpha value is -2.10. The average molecular weight is 411 g/mol. The molecule has 6 heteroatoms. The lowest BCUT2D eigenvalue weighted by atomic mass is 10.1. The quantitative estimate of drug-likeness (QED) is 0.771. The molecule has 1 amide bonds. The Balaban J connectivity index is 1.61. The molecule has 1 fully saturated rings. The van der Waals surface area contributed by atoms with E-state index in [1.165, 1.54) is 5.57 Å². The Kier molecular flexibility index (Phi) is 5.54. The first-order valence-corrected chi connectivity index (χ1v) is 11.3. The lowest BCUT2D eigenvalue weighted by molar-refractivity contribution is -0.124. The fraction of sp³-hybridized carbons (Fsp3) is 0.435. The standard InChI is InChI=1S/C23H30N3O2P/c1-14-8-18(6-7-20(14)28-5)21-10-22(27)26-13-19(9-15(2)23(26)29-21)25-11-16(3)24-17(4)12-25/h6-10,13,16-17,23-24,29H,11-12H2,1-5H3/t16-,17+,23?. The molecule has 1 saturated heterocycles. The molecule has 4 rings (SSSR count). The summed E-state index contributed by atoms with van der Waals surface area (Å²) in [5, 5.41) is 4.70. The van der Waals surface area contributed by atoms with Crippen molar-refractivity contribution < 1.29 is 9.53 Å². The smallest absolute Gasteiger partial charge is 0.252 e. The first-order valence-electron chi connectivity index (χ1n) is 10.2. The number of hydrogen-bond acceptors (Lipinski definition) is 4. The van der Waals surface area contributed by atoms with E-state index in [0.717, 1.165) is 41.0 Å². The van der Waals surface area contributed by atoms with Gasteiger partial charge in [-0.05, 0) is 67.9 Å². The zero-order chi connectivity index (χ0) is 20.7. The molecule has 4 atom stereocenters. The van der Waals surface area contributed by atoms with Crippen molar-refractivity contribution in [2.75, 3.05) is 20.2 Å². The van der Waals surface area contributed by atoms with E-state index in [1.54, 1.807) is 7.11 Å². The molecule has 154 valence electrons. The van der Waals surface area contributed by atoms with Crippen LogP contribution in [0, 0.1) is 6.92 Å². The van der Waals surface area contributed by atoms with Gasteiger partial charge in [-0.15, -0.1) is 0 Å². The van der Waals surface area contributed by atoms with Gasteiger partial charge in [0.25, 0.3) is 5.91 Å². The SMILES string of the molecule is COc1ccc(C2=CC(=O)N3C=C(N4C[C@@H](C)N[C@@H](C)C4)C=C(C)C3P2)cc1C. The Labute approximate surface area is 175 Å². The summed E-state index contributed by atoms with van der Waals surface area (Å²) in [5.74, 6) is 1.06. The summed E-state index contributed by atoms with van der Waals surface area (Å²) in [6.07, 6.45) is 6.14. The Morgan fingerprint density at radius 3 is 2.52 bits per heavy atom. The fourth-order valence-corrected chi connectivity index (χ4v) is 5.95. The van der Waals surface area contributed by atoms with E-state index in [1.807, 2.05) is 24.0 Å². The molecule has 1 N–H and O–H groups in total. The molecule has 3 aliphatic heterocycles. The summed E-state index contributed by atoms with van der Waals surface area (Å²) in [5.41, 5.74) is 4.60. The predicted molar refractivity (Wildman–Crippen MR) is 120 cm³/mol. The number of aryl methyl sites for hydroxylation is 1. The van der Waals surface area contributed by atoms with Gasteiger partial charge in [0.05, 0.1) is 18.6 Å². The molecule has 1 aromatic rings. The number of nitrogens with one attached hydrogen (secondary N) is 1. The van der Waals surface area contributed by atoms with Crippen LogP contribution in [0.2, 0.25) is 0 Å². The Morgan fingerprint density at radius 2 is 1.86 bits per heavy atom. The second-order valence-corrected chi connectivity index (χ2v) is 9.73. The number of hydrogen-bond donors (Lipinski definition) is 1. The maximum absolute atomic E-state index is 13.0. The molecule has 2 unspecified atom stereocenters. The number of nitrogens with zero attached hydrogens (tertiary/aromatic N) is 2. The van der Waals surface area contributed by atoms with Gasteiger partial charge in [-0.1, -0.05) is 14.6 Å². The molecule has 5 nitrogen and oxygen atoms in total. The van der Waals surface area contributed by atoms with Gasteiger partial charge in [0.2, 0.25) is 0 Å². The normalized spacial score (nSPS) is 28.0. The number of rotatable bonds is 3. The largest absolute Gasteiger partial charge is 0.496 e. The second-order valence-electron chi connectivity index (χ2n) is 8.35. The van der Waals surface area contributed by atoms with Gasteiger partial charge < -0.3 is 19.9 Å². The van der Waals surface area contributed by atoms with E-state index < -0.39 is 0 Å². The van der Waals surface area contributed by atoms with Crippen molar-refractivity contribution >= 4 is 19.8 Å². The highest BCUT2D eigenvalue weighted by molar-refractivity contribution is 7.51. The van der Waals surface area contributed by atoms with Crippen LogP contribution >= 0.6 is 8.58 Å². The van der Waals surface area contributed by atoms with Gasteiger partial charge in [0, 0.05) is 37.4 Å². The third kappa shape index (κ3) is 3.99. The topological polar surface area (TPSA) is 44.8 Å². The fourth-order valence-electron chi connectivity index (χ4n) is 4.47. The number of allylic oxidation sites excluding steroid dienone is 1. The van der Waals surface area contributed by atoms with Crippen LogP contribution in [0.1, 0.15) is 31.9 Å². The maximum Gasteiger partial charge on any atom is 0.252 e. The van der Waals surface area contributed by atoms with Crippen LogP contribution < -0.4 is 10.1 Å². The molecular formula is C23H30N3O2P. The maximum atomic E-state index is 13.0. The van der Waals surface area contributed by atoms with Crippen LogP contribution in [0.4, 0.5) is 0 Å². The number of benzene rings is 1. The van der Waals surface area contributed by atoms with Gasteiger partial charge in [0.1, 0.15) is 5.75 Å². The Morgan fingerprint density at radius 1 is 1.14 bits per heavy atom. The highest BCUT2D eigenvalue weighted by Crippen LogP contribution is 2.47. The molecule has 3 heterocycles. The summed E-state index contributed by atoms with van der Waals surface area (Å²) in [4.78, 5) is 17.4. The van der Waals surface area contributed by atoms with E-state index in [2.05, 4.69) is 55.4 Å². The van der Waals surface area contributed by atoms with Crippen molar-refractivity contribution in [2.24, 2.45) is 0 Å². The van der Waals surface area contributed by atoms with Gasteiger partial charge in [-0.25, -0.2) is 0 Å². The molecule has 0 radical (unpaired) electrons. The third-order valence-corrected chi connectivity index (χ3v) is 7.55. The lowest BCUT2D eigenvalue weighted by Crippen LogP contribution is -2.54. The zero-order valence-electron chi connectivity index (χ0n) is 17.8. The van der Waals surface area contributed by atoms with Gasteiger partial charge in [0.15, 0.2) is 0 Å². The highest BCUT2D eigenvalue weighted by atomic mass is 31.1. The summed E-state index contributed by atoms with van der Waals surface area (Å²) in [6, 6.07) is 7.04. The van der Waals surface area contributed by atoms with Gasteiger partial charge >= 0.3 is 0 Å². The van der Waals surface area contributed by atoms with Crippen molar-refractivity contribution in [3.05, 3.63) is 58.9 Å². The van der Waals surface area contributed by atoms with Crippen molar-refractivity contribution in [1.82, 2.24) is 15.1 Å². The first kappa shape index (κ1) is 20.2. The molecule has 0 aromatic heterocycles. The van der Waals surface area contributed by atoms with Crippen molar-refractivity contribution in [2.45, 2.75) is 45.6 Å². The molecule has 0 aliphatic carbocycles. The number of methoxy groups -OCH3 is 1. The minimum atomic E-state index is 0.0680. The highest BCUT2D eigenvalue weighted by Gasteiger charge is 2.33. The van der Waals surface area contributed by atoms with E-state index in [-0.39, 0.29) is 11.7 Å². The molecule has 29 heavy (non-hydrogen) atoms. The molecular weight excluding hydrogens is 381 g/mol. The van der Waals surface area contributed by atoms with Crippen molar-refractivity contribution in [3.63, 3.8) is 0 Å². The second kappa shape index (κ2) is 7.97. The van der Waals surface area contributed by atoms with E-state index >= 15 is 0 Å². The van der Waals surface area contributed by atoms with E-state index in [9.17, 15) is 4.79 Å². The van der Waals surface area contributed by atoms with Crippen molar-refractivity contribution in [3.8, 4) is 5.75 Å². The number of fused-ring (bicyclic) bond motifs is 1. The van der Waals surface area contributed by atoms with E-state index in [0.29, 0.717) is 20.7 Å². The summed E-state index contributed by atoms with van der Waals surface area (Å²) in [6.45, 7) is 10.5. The van der Waals surface area contributed by atoms with Crippen LogP contribution in [0.15, 0.2) is 47.8 Å². The van der Waals surface area contributed by atoms with Crippen LogP contribution in [0.5, 0.6) is 5.75 Å². The molecule has 0 bridgehead atoms. The predicted octanol–water partition coefficient (Wildman–Crippen LogP) is 3.67. The van der Waals surface area contributed by atoms with Crippen LogP contribution in [0.25, 0.3) is 5.31 Å². The van der Waals surface area contributed by atoms with Gasteiger partial charge in [-0.3, -0.25) is 4.79 Å². The summed E-state index contributed by atoms with van der Waals surface area (Å²) >= 11 is 0. The average Bonchev–Trinajstić information content (AvgIpc) is 2.67. The van der Waals surface area contributed by atoms with Crippen molar-refractivity contribution in [1.29, 1.82) is 0 Å². The van der Waals surface area contributed by atoms with Crippen LogP contribution in [-0.2, 0) is 4.79 Å². The molecule has 0 spiro atoms. The number of carbonyl (C=O) groups is 1. The minimum Gasteiger partial charge on any atom is -0.496 e. The van der Waals surface area contributed by atoms with Crippen LogP contribution in [-0.4, -0.2) is 53.8 Å². The number of carbonyl (C=O) groups excluding carboxylic acids is 1. The number of ether oxygens (including phenoxy) is 1. The molecule has 3 aliphatic rings.